The zero-order valence-corrected chi connectivity index (χ0v) is 9.03. The minimum absolute atomic E-state index is 0.0210. The lowest BCUT2D eigenvalue weighted by molar-refractivity contribution is -0.139. The summed E-state index contributed by atoms with van der Waals surface area (Å²) in [6, 6.07) is 0. The monoisotopic (exact) mass is 214 g/mol. The van der Waals surface area contributed by atoms with Gasteiger partial charge in [0, 0.05) is 19.5 Å². The molecule has 0 aliphatic carbocycles. The molecule has 0 aromatic heterocycles. The summed E-state index contributed by atoms with van der Waals surface area (Å²) < 4.78 is 0. The summed E-state index contributed by atoms with van der Waals surface area (Å²) >= 11 is 0. The summed E-state index contributed by atoms with van der Waals surface area (Å²) in [6.45, 7) is 2.06. The van der Waals surface area contributed by atoms with Gasteiger partial charge in [0.2, 0.25) is 5.91 Å². The van der Waals surface area contributed by atoms with Gasteiger partial charge in [-0.3, -0.25) is 9.59 Å². The van der Waals surface area contributed by atoms with Crippen LogP contribution in [0.2, 0.25) is 0 Å². The number of carbonyl (C=O) groups is 2. The second-order valence-electron chi connectivity index (χ2n) is 3.93. The number of aliphatic carboxylic acids is 1. The van der Waals surface area contributed by atoms with Crippen molar-refractivity contribution in [3.8, 4) is 0 Å². The van der Waals surface area contributed by atoms with Crippen molar-refractivity contribution in [3.63, 3.8) is 0 Å². The molecule has 1 aliphatic rings. The number of piperidine rings is 1. The largest absolute Gasteiger partial charge is 0.481 e. The van der Waals surface area contributed by atoms with Crippen molar-refractivity contribution in [1.82, 2.24) is 10.2 Å². The number of amides is 1. The molecule has 1 heterocycles. The fourth-order valence-corrected chi connectivity index (χ4v) is 1.75. The summed E-state index contributed by atoms with van der Waals surface area (Å²) in [7, 11) is 1.67. The minimum Gasteiger partial charge on any atom is -0.481 e. The molecule has 0 radical (unpaired) electrons. The van der Waals surface area contributed by atoms with Crippen molar-refractivity contribution in [2.75, 3.05) is 26.7 Å². The van der Waals surface area contributed by atoms with Gasteiger partial charge >= 0.3 is 5.97 Å². The zero-order chi connectivity index (χ0) is 11.3. The number of carboxylic acid groups (broad SMARTS) is 1. The van der Waals surface area contributed by atoms with Gasteiger partial charge in [-0.05, 0) is 25.9 Å². The first-order valence-corrected chi connectivity index (χ1v) is 5.28. The van der Waals surface area contributed by atoms with Gasteiger partial charge in [0.15, 0.2) is 0 Å². The first-order chi connectivity index (χ1) is 7.11. The zero-order valence-electron chi connectivity index (χ0n) is 9.03. The average molecular weight is 214 g/mol. The van der Waals surface area contributed by atoms with Gasteiger partial charge in [-0.1, -0.05) is 0 Å². The first-order valence-electron chi connectivity index (χ1n) is 5.28. The van der Waals surface area contributed by atoms with Crippen molar-refractivity contribution in [2.24, 2.45) is 5.92 Å². The Morgan fingerprint density at radius 1 is 1.40 bits per heavy atom. The number of nitrogens with one attached hydrogen (secondary N) is 1. The maximum absolute atomic E-state index is 11.8. The second-order valence-corrected chi connectivity index (χ2v) is 3.93. The van der Waals surface area contributed by atoms with Crippen molar-refractivity contribution in [1.29, 1.82) is 0 Å². The molecule has 1 amide bonds. The highest BCUT2D eigenvalue weighted by Crippen LogP contribution is 2.14. The maximum atomic E-state index is 11.8. The van der Waals surface area contributed by atoms with E-state index in [-0.39, 0.29) is 18.2 Å². The van der Waals surface area contributed by atoms with Crippen LogP contribution in [0.4, 0.5) is 0 Å². The molecule has 0 saturated carbocycles. The number of carboxylic acids is 1. The van der Waals surface area contributed by atoms with E-state index in [1.807, 2.05) is 0 Å². The Balaban J connectivity index is 2.33. The Kier molecular flexibility index (Phi) is 4.55. The van der Waals surface area contributed by atoms with Gasteiger partial charge in [0.05, 0.1) is 6.42 Å². The quantitative estimate of drug-likeness (QED) is 0.686. The Bertz CT molecular complexity index is 237. The van der Waals surface area contributed by atoms with Gasteiger partial charge in [-0.15, -0.1) is 0 Å². The van der Waals surface area contributed by atoms with E-state index in [0.29, 0.717) is 6.54 Å². The molecule has 0 atom stereocenters. The molecule has 0 bridgehead atoms. The first kappa shape index (κ1) is 12.0. The third kappa shape index (κ3) is 3.87. The molecule has 1 fully saturated rings. The van der Waals surface area contributed by atoms with Gasteiger partial charge < -0.3 is 15.3 Å². The van der Waals surface area contributed by atoms with E-state index in [9.17, 15) is 9.59 Å². The van der Waals surface area contributed by atoms with E-state index >= 15 is 0 Å². The van der Waals surface area contributed by atoms with Crippen molar-refractivity contribution in [3.05, 3.63) is 0 Å². The smallest absolute Gasteiger partial charge is 0.305 e. The van der Waals surface area contributed by atoms with E-state index in [1.165, 1.54) is 4.90 Å². The molecule has 5 heteroatoms. The molecule has 0 unspecified atom stereocenters. The maximum Gasteiger partial charge on any atom is 0.305 e. The number of nitrogens with zero attached hydrogens (tertiary/aromatic N) is 1. The molecule has 1 aliphatic heterocycles. The van der Waals surface area contributed by atoms with Crippen LogP contribution in [0.5, 0.6) is 0 Å². The van der Waals surface area contributed by atoms with Crippen LogP contribution < -0.4 is 5.32 Å². The van der Waals surface area contributed by atoms with Crippen LogP contribution in [0, 0.1) is 5.92 Å². The predicted molar refractivity (Wildman–Crippen MR) is 55.5 cm³/mol. The lowest BCUT2D eigenvalue weighted by Crippen LogP contribution is -2.39. The standard InChI is InChI=1S/C10H18N2O3/c1-12(7-4-9(13)14)10(15)8-2-5-11-6-3-8/h8,11H,2-7H2,1H3,(H,13,14). The lowest BCUT2D eigenvalue weighted by Gasteiger charge is -2.26. The molecule has 0 aromatic carbocycles. The third-order valence-corrected chi connectivity index (χ3v) is 2.73. The summed E-state index contributed by atoms with van der Waals surface area (Å²) in [6.07, 6.45) is 1.74. The molecule has 86 valence electrons. The summed E-state index contributed by atoms with van der Waals surface area (Å²) in [4.78, 5) is 23.7. The van der Waals surface area contributed by atoms with E-state index in [2.05, 4.69) is 5.32 Å². The minimum atomic E-state index is -0.861. The topological polar surface area (TPSA) is 69.6 Å². The Morgan fingerprint density at radius 3 is 2.53 bits per heavy atom. The van der Waals surface area contributed by atoms with Gasteiger partial charge in [0.25, 0.3) is 0 Å². The Morgan fingerprint density at radius 2 is 2.00 bits per heavy atom. The highest BCUT2D eigenvalue weighted by Gasteiger charge is 2.23. The SMILES string of the molecule is CN(CCC(=O)O)C(=O)C1CCNCC1. The molecule has 15 heavy (non-hydrogen) atoms. The lowest BCUT2D eigenvalue weighted by atomic mass is 9.97. The van der Waals surface area contributed by atoms with E-state index < -0.39 is 5.97 Å². The van der Waals surface area contributed by atoms with Gasteiger partial charge in [0.1, 0.15) is 0 Å². The predicted octanol–water partition coefficient (Wildman–Crippen LogP) is -0.0809. The van der Waals surface area contributed by atoms with Crippen LogP contribution in [0.3, 0.4) is 0 Å². The highest BCUT2D eigenvalue weighted by atomic mass is 16.4. The average Bonchev–Trinajstić information content (AvgIpc) is 2.26. The van der Waals surface area contributed by atoms with Gasteiger partial charge in [-0.25, -0.2) is 0 Å². The molecule has 1 saturated heterocycles. The fraction of sp³-hybridized carbons (Fsp3) is 0.800. The van der Waals surface area contributed by atoms with Crippen LogP contribution in [-0.4, -0.2) is 48.6 Å². The molecule has 0 aromatic rings. The molecular formula is C10H18N2O3. The van der Waals surface area contributed by atoms with Crippen LogP contribution in [0.1, 0.15) is 19.3 Å². The summed E-state index contributed by atoms with van der Waals surface area (Å²) in [5.74, 6) is -0.706. The molecule has 1 rings (SSSR count). The fourth-order valence-electron chi connectivity index (χ4n) is 1.75. The highest BCUT2D eigenvalue weighted by molar-refractivity contribution is 5.79. The van der Waals surface area contributed by atoms with Crippen LogP contribution in [-0.2, 0) is 9.59 Å². The molecule has 0 spiro atoms. The summed E-state index contributed by atoms with van der Waals surface area (Å²) in [5, 5.41) is 11.7. The molecular weight excluding hydrogens is 196 g/mol. The van der Waals surface area contributed by atoms with Crippen molar-refractivity contribution < 1.29 is 14.7 Å². The van der Waals surface area contributed by atoms with E-state index in [0.717, 1.165) is 25.9 Å². The molecule has 5 nitrogen and oxygen atoms in total. The molecule has 2 N–H and O–H groups in total. The van der Waals surface area contributed by atoms with Crippen LogP contribution in [0.15, 0.2) is 0 Å². The summed E-state index contributed by atoms with van der Waals surface area (Å²) in [5.41, 5.74) is 0. The van der Waals surface area contributed by atoms with Crippen molar-refractivity contribution >= 4 is 11.9 Å². The van der Waals surface area contributed by atoms with E-state index in [1.54, 1.807) is 7.05 Å². The van der Waals surface area contributed by atoms with E-state index in [4.69, 9.17) is 5.11 Å². The number of carbonyl (C=O) groups excluding carboxylic acids is 1. The second kappa shape index (κ2) is 5.70. The van der Waals surface area contributed by atoms with Crippen LogP contribution >= 0.6 is 0 Å². The number of hydrogen-bond donors (Lipinski definition) is 2. The normalized spacial score (nSPS) is 17.4. The number of rotatable bonds is 4. The Hall–Kier alpha value is -1.10. The van der Waals surface area contributed by atoms with Gasteiger partial charge in [-0.2, -0.15) is 0 Å². The number of hydrogen-bond acceptors (Lipinski definition) is 3. The Labute approximate surface area is 89.4 Å². The van der Waals surface area contributed by atoms with Crippen molar-refractivity contribution in [2.45, 2.75) is 19.3 Å². The third-order valence-electron chi connectivity index (χ3n) is 2.73. The van der Waals surface area contributed by atoms with Crippen LogP contribution in [0.25, 0.3) is 0 Å².